The molecule has 0 saturated heterocycles. The molecule has 0 radical (unpaired) electrons. The monoisotopic (exact) mass is 270 g/mol. The van der Waals surface area contributed by atoms with Crippen LogP contribution in [0.15, 0.2) is 48.5 Å². The Labute approximate surface area is 114 Å². The highest BCUT2D eigenvalue weighted by molar-refractivity contribution is 5.98. The average molecular weight is 270 g/mol. The van der Waals surface area contributed by atoms with Crippen molar-refractivity contribution in [1.29, 1.82) is 0 Å². The molecule has 0 unspecified atom stereocenters. The Morgan fingerprint density at radius 3 is 2.60 bits per heavy atom. The van der Waals surface area contributed by atoms with Crippen molar-refractivity contribution < 1.29 is 14.5 Å². The number of nitro benzene ring substituents is 1. The van der Waals surface area contributed by atoms with Crippen molar-refractivity contribution >= 4 is 17.3 Å². The summed E-state index contributed by atoms with van der Waals surface area (Å²) in [4.78, 5) is 22.2. The molecule has 0 fully saturated rings. The molecule has 1 amide bonds. The van der Waals surface area contributed by atoms with Crippen LogP contribution in [0, 0.1) is 10.1 Å². The van der Waals surface area contributed by atoms with Crippen molar-refractivity contribution in [3.8, 4) is 5.75 Å². The molecule has 2 aromatic rings. The number of hydrogen-bond acceptors (Lipinski definition) is 4. The largest absolute Gasteiger partial charge is 0.474 e. The Hall–Kier alpha value is -2.89. The molecule has 0 aliphatic carbocycles. The Balaban J connectivity index is 1.95. The molecule has 1 aliphatic rings. The van der Waals surface area contributed by atoms with Gasteiger partial charge < -0.3 is 10.1 Å². The topological polar surface area (TPSA) is 81.5 Å². The fourth-order valence-corrected chi connectivity index (χ4v) is 2.06. The molecule has 6 heteroatoms. The molecule has 0 spiro atoms. The second-order valence-corrected chi connectivity index (χ2v) is 4.34. The molecule has 1 N–H and O–H groups in total. The van der Waals surface area contributed by atoms with E-state index in [-0.39, 0.29) is 11.6 Å². The lowest BCUT2D eigenvalue weighted by Gasteiger charge is -2.25. The average Bonchev–Trinajstić information content (AvgIpc) is 2.46. The van der Waals surface area contributed by atoms with Crippen LogP contribution < -0.4 is 10.1 Å². The van der Waals surface area contributed by atoms with Crippen LogP contribution >= 0.6 is 0 Å². The quantitative estimate of drug-likeness (QED) is 0.671. The maximum Gasteiger partial charge on any atom is 0.271 e. The van der Waals surface area contributed by atoms with Gasteiger partial charge in [-0.3, -0.25) is 14.9 Å². The molecule has 0 bridgehead atoms. The Morgan fingerprint density at radius 2 is 1.90 bits per heavy atom. The minimum Gasteiger partial charge on any atom is -0.474 e. The number of amides is 1. The number of rotatable bonds is 2. The van der Waals surface area contributed by atoms with E-state index in [1.165, 1.54) is 18.2 Å². The highest BCUT2D eigenvalue weighted by Gasteiger charge is 2.29. The molecule has 20 heavy (non-hydrogen) atoms. The molecule has 3 rings (SSSR count). The number of carbonyl (C=O) groups excluding carboxylic acids is 1. The first kappa shape index (κ1) is 12.2. The SMILES string of the molecule is O=C1Nc2cc([N+](=O)[O-])ccc2O[C@@H]1c1ccccc1. The molecule has 1 aliphatic heterocycles. The minimum absolute atomic E-state index is 0.0918. The zero-order valence-corrected chi connectivity index (χ0v) is 10.3. The van der Waals surface area contributed by atoms with Gasteiger partial charge in [0.2, 0.25) is 6.10 Å². The number of fused-ring (bicyclic) bond motifs is 1. The van der Waals surface area contributed by atoms with E-state index in [0.29, 0.717) is 11.4 Å². The van der Waals surface area contributed by atoms with E-state index in [1.807, 2.05) is 18.2 Å². The van der Waals surface area contributed by atoms with Gasteiger partial charge in [0, 0.05) is 17.7 Å². The zero-order chi connectivity index (χ0) is 14.1. The number of benzene rings is 2. The summed E-state index contributed by atoms with van der Waals surface area (Å²) in [5.41, 5.74) is 0.955. The van der Waals surface area contributed by atoms with E-state index in [1.54, 1.807) is 12.1 Å². The van der Waals surface area contributed by atoms with Gasteiger partial charge in [-0.25, -0.2) is 0 Å². The van der Waals surface area contributed by atoms with Crippen molar-refractivity contribution in [2.24, 2.45) is 0 Å². The summed E-state index contributed by atoms with van der Waals surface area (Å²) in [5, 5.41) is 13.3. The Bertz CT molecular complexity index is 685. The van der Waals surface area contributed by atoms with E-state index >= 15 is 0 Å². The molecule has 1 heterocycles. The van der Waals surface area contributed by atoms with Crippen LogP contribution in [0.3, 0.4) is 0 Å². The number of nitrogens with zero attached hydrogens (tertiary/aromatic N) is 1. The number of ether oxygens (including phenoxy) is 1. The first-order chi connectivity index (χ1) is 9.65. The van der Waals surface area contributed by atoms with Crippen LogP contribution in [-0.2, 0) is 4.79 Å². The maximum atomic E-state index is 12.0. The first-order valence-electron chi connectivity index (χ1n) is 5.96. The summed E-state index contributed by atoms with van der Waals surface area (Å²) in [6.45, 7) is 0. The van der Waals surface area contributed by atoms with Crippen molar-refractivity contribution in [2.45, 2.75) is 6.10 Å². The van der Waals surface area contributed by atoms with Gasteiger partial charge in [-0.15, -0.1) is 0 Å². The minimum atomic E-state index is -0.745. The summed E-state index contributed by atoms with van der Waals surface area (Å²) in [6.07, 6.45) is -0.745. The van der Waals surface area contributed by atoms with E-state index in [4.69, 9.17) is 4.74 Å². The van der Waals surface area contributed by atoms with Gasteiger partial charge in [0.25, 0.3) is 11.6 Å². The van der Waals surface area contributed by atoms with Crippen LogP contribution in [0.2, 0.25) is 0 Å². The first-order valence-corrected chi connectivity index (χ1v) is 5.96. The van der Waals surface area contributed by atoms with Crippen LogP contribution in [0.4, 0.5) is 11.4 Å². The number of nitro groups is 1. The van der Waals surface area contributed by atoms with Gasteiger partial charge in [0.1, 0.15) is 5.75 Å². The highest BCUT2D eigenvalue weighted by atomic mass is 16.6. The van der Waals surface area contributed by atoms with E-state index in [2.05, 4.69) is 5.32 Å². The third kappa shape index (κ3) is 2.07. The lowest BCUT2D eigenvalue weighted by Crippen LogP contribution is -2.30. The predicted molar refractivity (Wildman–Crippen MR) is 71.5 cm³/mol. The van der Waals surface area contributed by atoms with Crippen LogP contribution in [0.5, 0.6) is 5.75 Å². The second kappa shape index (κ2) is 4.65. The molecule has 2 aromatic carbocycles. The Morgan fingerprint density at radius 1 is 1.15 bits per heavy atom. The molecular weight excluding hydrogens is 260 g/mol. The van der Waals surface area contributed by atoms with Crippen molar-refractivity contribution in [3.63, 3.8) is 0 Å². The van der Waals surface area contributed by atoms with Crippen molar-refractivity contribution in [3.05, 3.63) is 64.2 Å². The molecule has 0 aromatic heterocycles. The zero-order valence-electron chi connectivity index (χ0n) is 10.3. The summed E-state index contributed by atoms with van der Waals surface area (Å²) >= 11 is 0. The standard InChI is InChI=1S/C14H10N2O4/c17-14-13(9-4-2-1-3-5-9)20-12-7-6-10(16(18)19)8-11(12)15-14/h1-8,13H,(H,15,17)/t13-/m1/s1. The van der Waals surface area contributed by atoms with Gasteiger partial charge in [-0.2, -0.15) is 0 Å². The Kier molecular flexibility index (Phi) is 2.83. The van der Waals surface area contributed by atoms with Gasteiger partial charge >= 0.3 is 0 Å². The normalized spacial score (nSPS) is 16.8. The van der Waals surface area contributed by atoms with Crippen LogP contribution in [0.25, 0.3) is 0 Å². The number of hydrogen-bond donors (Lipinski definition) is 1. The highest BCUT2D eigenvalue weighted by Crippen LogP contribution is 2.36. The van der Waals surface area contributed by atoms with Crippen molar-refractivity contribution in [2.75, 3.05) is 5.32 Å². The molecule has 100 valence electrons. The summed E-state index contributed by atoms with van der Waals surface area (Å²) in [6, 6.07) is 13.2. The predicted octanol–water partition coefficient (Wildman–Crippen LogP) is 2.67. The third-order valence-electron chi connectivity index (χ3n) is 3.02. The van der Waals surface area contributed by atoms with E-state index in [0.717, 1.165) is 5.56 Å². The van der Waals surface area contributed by atoms with Gasteiger partial charge in [-0.1, -0.05) is 30.3 Å². The van der Waals surface area contributed by atoms with Gasteiger partial charge in [0.05, 0.1) is 10.6 Å². The summed E-state index contributed by atoms with van der Waals surface area (Å²) in [7, 11) is 0. The number of non-ortho nitro benzene ring substituents is 1. The van der Waals surface area contributed by atoms with Gasteiger partial charge in [-0.05, 0) is 6.07 Å². The fourth-order valence-electron chi connectivity index (χ4n) is 2.06. The second-order valence-electron chi connectivity index (χ2n) is 4.34. The maximum absolute atomic E-state index is 12.0. The molecule has 6 nitrogen and oxygen atoms in total. The van der Waals surface area contributed by atoms with Crippen LogP contribution in [-0.4, -0.2) is 10.8 Å². The van der Waals surface area contributed by atoms with Crippen LogP contribution in [0.1, 0.15) is 11.7 Å². The van der Waals surface area contributed by atoms with E-state index in [9.17, 15) is 14.9 Å². The summed E-state index contributed by atoms with van der Waals surface area (Å²) < 4.78 is 5.63. The number of carbonyl (C=O) groups is 1. The molecule has 1 atom stereocenters. The number of nitrogens with one attached hydrogen (secondary N) is 1. The lowest BCUT2D eigenvalue weighted by molar-refractivity contribution is -0.384. The summed E-state index contributed by atoms with van der Waals surface area (Å²) in [5.74, 6) is 0.0771. The number of anilines is 1. The molecular formula is C14H10N2O4. The molecule has 0 saturated carbocycles. The van der Waals surface area contributed by atoms with Gasteiger partial charge in [0.15, 0.2) is 0 Å². The van der Waals surface area contributed by atoms with Crippen molar-refractivity contribution in [1.82, 2.24) is 0 Å². The third-order valence-corrected chi connectivity index (χ3v) is 3.02. The lowest BCUT2D eigenvalue weighted by atomic mass is 10.1. The van der Waals surface area contributed by atoms with E-state index < -0.39 is 11.0 Å². The smallest absolute Gasteiger partial charge is 0.271 e. The fraction of sp³-hybridized carbons (Fsp3) is 0.0714.